The molecule has 0 aromatic carbocycles. The van der Waals surface area contributed by atoms with Crippen LogP contribution >= 0.6 is 0 Å². The second kappa shape index (κ2) is 4.05. The number of ketones is 1. The Labute approximate surface area is 77.6 Å². The Morgan fingerprint density at radius 2 is 2.00 bits per heavy atom. The van der Waals surface area contributed by atoms with Gasteiger partial charge in [0.2, 0.25) is 0 Å². The molecule has 1 aliphatic rings. The minimum absolute atomic E-state index is 0.0281. The van der Waals surface area contributed by atoms with E-state index in [-0.39, 0.29) is 11.8 Å². The van der Waals surface area contributed by atoms with Crippen LogP contribution in [0.5, 0.6) is 0 Å². The molecule has 0 aromatic heterocycles. The molecule has 1 aliphatic carbocycles. The predicted molar refractivity (Wildman–Crippen MR) is 50.1 cm³/mol. The van der Waals surface area contributed by atoms with E-state index in [2.05, 4.69) is 0 Å². The van der Waals surface area contributed by atoms with E-state index in [1.807, 2.05) is 13.8 Å². The molecule has 0 spiro atoms. The highest BCUT2D eigenvalue weighted by Crippen LogP contribution is 2.08. The maximum absolute atomic E-state index is 11.2. The van der Waals surface area contributed by atoms with Crippen molar-refractivity contribution in [2.75, 3.05) is 0 Å². The molecule has 0 saturated heterocycles. The summed E-state index contributed by atoms with van der Waals surface area (Å²) >= 11 is 0. The van der Waals surface area contributed by atoms with E-state index in [1.54, 1.807) is 18.2 Å². The van der Waals surface area contributed by atoms with Gasteiger partial charge in [0.15, 0.2) is 5.78 Å². The number of hydrogen-bond acceptors (Lipinski definition) is 3. The van der Waals surface area contributed by atoms with Crippen LogP contribution in [0.3, 0.4) is 0 Å². The molecule has 70 valence electrons. The summed E-state index contributed by atoms with van der Waals surface area (Å²) in [5.41, 5.74) is 0.499. The molecule has 1 rings (SSSR count). The number of allylic oxidation sites excluding steroid dienone is 5. The van der Waals surface area contributed by atoms with E-state index in [9.17, 15) is 10.0 Å². The van der Waals surface area contributed by atoms with Crippen LogP contribution in [0.2, 0.25) is 0 Å². The standard InChI is InChI=1S/C10H13NO2/c1-8(2)11(13)7-9-5-3-4-6-10(9)12/h3-8,13H,1-2H3/b9-7+. The molecule has 3 nitrogen and oxygen atoms in total. The van der Waals surface area contributed by atoms with Crippen molar-refractivity contribution < 1.29 is 10.0 Å². The number of hydroxylamine groups is 2. The first-order valence-corrected chi connectivity index (χ1v) is 4.19. The lowest BCUT2D eigenvalue weighted by Gasteiger charge is -2.17. The molecule has 0 heterocycles. The molecule has 0 radical (unpaired) electrons. The van der Waals surface area contributed by atoms with Gasteiger partial charge in [-0.15, -0.1) is 0 Å². The fourth-order valence-electron chi connectivity index (χ4n) is 0.879. The van der Waals surface area contributed by atoms with Gasteiger partial charge in [-0.25, -0.2) is 0 Å². The molecular formula is C10H13NO2. The van der Waals surface area contributed by atoms with Crippen LogP contribution in [-0.4, -0.2) is 22.1 Å². The van der Waals surface area contributed by atoms with Gasteiger partial charge in [-0.3, -0.25) is 15.1 Å². The summed E-state index contributed by atoms with van der Waals surface area (Å²) in [7, 11) is 0. The summed E-state index contributed by atoms with van der Waals surface area (Å²) in [5, 5.41) is 10.4. The van der Waals surface area contributed by atoms with E-state index in [0.717, 1.165) is 5.06 Å². The SMILES string of the molecule is CC(C)N(O)/C=C1\C=CC=CC1=O. The molecule has 0 amide bonds. The summed E-state index contributed by atoms with van der Waals surface area (Å²) < 4.78 is 0. The van der Waals surface area contributed by atoms with E-state index >= 15 is 0 Å². The Morgan fingerprint density at radius 3 is 2.54 bits per heavy atom. The van der Waals surface area contributed by atoms with Gasteiger partial charge in [0.25, 0.3) is 0 Å². The van der Waals surface area contributed by atoms with Crippen LogP contribution in [0.1, 0.15) is 13.8 Å². The zero-order valence-electron chi connectivity index (χ0n) is 7.77. The Morgan fingerprint density at radius 1 is 1.38 bits per heavy atom. The van der Waals surface area contributed by atoms with Crippen LogP contribution in [0, 0.1) is 0 Å². The molecule has 0 bridgehead atoms. The number of nitrogens with zero attached hydrogens (tertiary/aromatic N) is 1. The normalized spacial score (nSPS) is 18.8. The van der Waals surface area contributed by atoms with Crippen molar-refractivity contribution in [3.05, 3.63) is 36.1 Å². The fourth-order valence-corrected chi connectivity index (χ4v) is 0.879. The summed E-state index contributed by atoms with van der Waals surface area (Å²) in [6, 6.07) is -0.0281. The molecule has 1 N–H and O–H groups in total. The Bertz CT molecular complexity index is 287. The number of carbonyl (C=O) groups excluding carboxylic acids is 1. The van der Waals surface area contributed by atoms with Crippen molar-refractivity contribution in [1.29, 1.82) is 0 Å². The lowest BCUT2D eigenvalue weighted by Crippen LogP contribution is -2.22. The number of hydrogen-bond donors (Lipinski definition) is 1. The van der Waals surface area contributed by atoms with Gasteiger partial charge >= 0.3 is 0 Å². The van der Waals surface area contributed by atoms with Gasteiger partial charge in [-0.2, -0.15) is 0 Å². The molecule has 0 fully saturated rings. The second-order valence-electron chi connectivity index (χ2n) is 3.14. The van der Waals surface area contributed by atoms with Crippen LogP contribution in [0.15, 0.2) is 36.1 Å². The molecule has 13 heavy (non-hydrogen) atoms. The van der Waals surface area contributed by atoms with Gasteiger partial charge in [-0.05, 0) is 26.0 Å². The highest BCUT2D eigenvalue weighted by atomic mass is 16.5. The van der Waals surface area contributed by atoms with E-state index in [1.165, 1.54) is 12.3 Å². The Hall–Kier alpha value is -1.35. The Balaban J connectivity index is 2.76. The highest BCUT2D eigenvalue weighted by molar-refractivity contribution is 6.07. The fraction of sp³-hybridized carbons (Fsp3) is 0.300. The van der Waals surface area contributed by atoms with Crippen LogP contribution in [0.4, 0.5) is 0 Å². The second-order valence-corrected chi connectivity index (χ2v) is 3.14. The summed E-state index contributed by atoms with van der Waals surface area (Å²) in [6.07, 6.45) is 8.03. The lowest BCUT2D eigenvalue weighted by atomic mass is 10.1. The Kier molecular flexibility index (Phi) is 3.03. The molecule has 0 saturated carbocycles. The van der Waals surface area contributed by atoms with Gasteiger partial charge in [0, 0.05) is 11.8 Å². The smallest absolute Gasteiger partial charge is 0.187 e. The quantitative estimate of drug-likeness (QED) is 0.517. The van der Waals surface area contributed by atoms with Crippen LogP contribution in [-0.2, 0) is 4.79 Å². The third-order valence-electron chi connectivity index (χ3n) is 1.72. The zero-order chi connectivity index (χ0) is 9.84. The largest absolute Gasteiger partial charge is 0.289 e. The van der Waals surface area contributed by atoms with Gasteiger partial charge < -0.3 is 0 Å². The molecular weight excluding hydrogens is 166 g/mol. The molecule has 0 aliphatic heterocycles. The highest BCUT2D eigenvalue weighted by Gasteiger charge is 2.08. The number of carbonyl (C=O) groups is 1. The minimum Gasteiger partial charge on any atom is -0.289 e. The van der Waals surface area contributed by atoms with Crippen LogP contribution in [0.25, 0.3) is 0 Å². The minimum atomic E-state index is -0.0813. The molecule has 0 aromatic rings. The zero-order valence-corrected chi connectivity index (χ0v) is 7.77. The average Bonchev–Trinajstić information content (AvgIpc) is 2.08. The first-order valence-electron chi connectivity index (χ1n) is 4.19. The van der Waals surface area contributed by atoms with Crippen molar-refractivity contribution in [2.45, 2.75) is 19.9 Å². The van der Waals surface area contributed by atoms with Crippen molar-refractivity contribution in [3.8, 4) is 0 Å². The summed E-state index contributed by atoms with van der Waals surface area (Å²) in [4.78, 5) is 11.2. The van der Waals surface area contributed by atoms with Crippen LogP contribution < -0.4 is 0 Å². The van der Waals surface area contributed by atoms with Crippen molar-refractivity contribution in [2.24, 2.45) is 0 Å². The lowest BCUT2D eigenvalue weighted by molar-refractivity contribution is -0.111. The third kappa shape index (κ3) is 2.56. The number of rotatable bonds is 2. The molecule has 0 atom stereocenters. The summed E-state index contributed by atoms with van der Waals surface area (Å²) in [5.74, 6) is -0.0813. The maximum Gasteiger partial charge on any atom is 0.187 e. The van der Waals surface area contributed by atoms with E-state index < -0.39 is 0 Å². The maximum atomic E-state index is 11.2. The first kappa shape index (κ1) is 9.74. The van der Waals surface area contributed by atoms with Crippen molar-refractivity contribution in [3.63, 3.8) is 0 Å². The summed E-state index contributed by atoms with van der Waals surface area (Å²) in [6.45, 7) is 3.67. The van der Waals surface area contributed by atoms with Gasteiger partial charge in [0.05, 0.1) is 6.04 Å². The topological polar surface area (TPSA) is 40.5 Å². The predicted octanol–water partition coefficient (Wildman–Crippen LogP) is 1.67. The third-order valence-corrected chi connectivity index (χ3v) is 1.72. The monoisotopic (exact) mass is 179 g/mol. The van der Waals surface area contributed by atoms with Gasteiger partial charge in [0.1, 0.15) is 0 Å². The van der Waals surface area contributed by atoms with Crippen molar-refractivity contribution >= 4 is 5.78 Å². The molecule has 3 heteroatoms. The molecule has 0 unspecified atom stereocenters. The van der Waals surface area contributed by atoms with E-state index in [0.29, 0.717) is 5.57 Å². The van der Waals surface area contributed by atoms with Gasteiger partial charge in [-0.1, -0.05) is 12.2 Å². The average molecular weight is 179 g/mol. The van der Waals surface area contributed by atoms with Crippen molar-refractivity contribution in [1.82, 2.24) is 5.06 Å². The van der Waals surface area contributed by atoms with E-state index in [4.69, 9.17) is 0 Å². The first-order chi connectivity index (χ1) is 6.11.